The molecule has 1 heterocycles. The van der Waals surface area contributed by atoms with E-state index in [1.807, 2.05) is 26.8 Å². The summed E-state index contributed by atoms with van der Waals surface area (Å²) in [4.78, 5) is 0.189. The number of anilines is 1. The van der Waals surface area contributed by atoms with Gasteiger partial charge in [0.2, 0.25) is 0 Å². The Kier molecular flexibility index (Phi) is 5.83. The highest BCUT2D eigenvalue weighted by Crippen LogP contribution is 2.33. The highest BCUT2D eigenvalue weighted by atomic mass is 32.2. The average molecular weight is 416 g/mol. The van der Waals surface area contributed by atoms with E-state index >= 15 is 0 Å². The molecule has 3 rings (SSSR count). The fourth-order valence-corrected chi connectivity index (χ4v) is 4.45. The van der Waals surface area contributed by atoms with Crippen LogP contribution in [0.4, 0.5) is 5.69 Å². The minimum atomic E-state index is -3.87. The summed E-state index contributed by atoms with van der Waals surface area (Å²) < 4.78 is 44.9. The van der Waals surface area contributed by atoms with Crippen LogP contribution in [0, 0.1) is 6.92 Å². The van der Waals surface area contributed by atoms with Crippen molar-refractivity contribution in [3.8, 4) is 22.8 Å². The molecule has 1 N–H and O–H groups in total. The Morgan fingerprint density at radius 1 is 1.00 bits per heavy atom. The SMILES string of the molecule is COc1ccc(NS(=O)(=O)c2cc(-c3cc(C)no3)ccc2C(C)C)cc1OC. The van der Waals surface area contributed by atoms with Crippen LogP contribution in [-0.2, 0) is 10.0 Å². The van der Waals surface area contributed by atoms with Crippen molar-refractivity contribution >= 4 is 15.7 Å². The normalized spacial score (nSPS) is 11.5. The number of hydrogen-bond donors (Lipinski definition) is 1. The van der Waals surface area contributed by atoms with Crippen molar-refractivity contribution in [3.63, 3.8) is 0 Å². The summed E-state index contributed by atoms with van der Waals surface area (Å²) in [7, 11) is -0.849. The maximum Gasteiger partial charge on any atom is 0.262 e. The monoisotopic (exact) mass is 416 g/mol. The number of hydrogen-bond acceptors (Lipinski definition) is 6. The van der Waals surface area contributed by atoms with Gasteiger partial charge < -0.3 is 14.0 Å². The molecule has 2 aromatic carbocycles. The van der Waals surface area contributed by atoms with Crippen LogP contribution >= 0.6 is 0 Å². The Morgan fingerprint density at radius 2 is 1.72 bits per heavy atom. The van der Waals surface area contributed by atoms with Crippen molar-refractivity contribution in [2.45, 2.75) is 31.6 Å². The van der Waals surface area contributed by atoms with Crippen LogP contribution in [0.15, 0.2) is 51.9 Å². The van der Waals surface area contributed by atoms with Gasteiger partial charge in [-0.15, -0.1) is 0 Å². The molecular weight excluding hydrogens is 392 g/mol. The van der Waals surface area contributed by atoms with Crippen LogP contribution < -0.4 is 14.2 Å². The van der Waals surface area contributed by atoms with E-state index in [-0.39, 0.29) is 10.8 Å². The highest BCUT2D eigenvalue weighted by Gasteiger charge is 2.22. The lowest BCUT2D eigenvalue weighted by Crippen LogP contribution is -2.16. The van der Waals surface area contributed by atoms with E-state index in [4.69, 9.17) is 14.0 Å². The highest BCUT2D eigenvalue weighted by molar-refractivity contribution is 7.92. The lowest BCUT2D eigenvalue weighted by molar-refractivity contribution is 0.355. The molecule has 0 fully saturated rings. The summed E-state index contributed by atoms with van der Waals surface area (Å²) in [5.74, 6) is 1.47. The first kappa shape index (κ1) is 20.7. The lowest BCUT2D eigenvalue weighted by atomic mass is 10.0. The Morgan fingerprint density at radius 3 is 2.31 bits per heavy atom. The third-order valence-corrected chi connectivity index (χ3v) is 5.91. The second kappa shape index (κ2) is 8.16. The zero-order chi connectivity index (χ0) is 21.2. The van der Waals surface area contributed by atoms with E-state index < -0.39 is 10.0 Å². The average Bonchev–Trinajstić information content (AvgIpc) is 3.13. The number of benzene rings is 2. The lowest BCUT2D eigenvalue weighted by Gasteiger charge is -2.16. The second-order valence-electron chi connectivity index (χ2n) is 6.92. The second-order valence-corrected chi connectivity index (χ2v) is 8.57. The van der Waals surface area contributed by atoms with E-state index in [0.29, 0.717) is 34.1 Å². The van der Waals surface area contributed by atoms with E-state index in [0.717, 1.165) is 5.69 Å². The van der Waals surface area contributed by atoms with Crippen LogP contribution in [-0.4, -0.2) is 27.8 Å². The van der Waals surface area contributed by atoms with E-state index in [9.17, 15) is 8.42 Å². The molecule has 0 radical (unpaired) electrons. The van der Waals surface area contributed by atoms with Crippen LogP contribution in [0.3, 0.4) is 0 Å². The molecule has 0 atom stereocenters. The molecule has 0 bridgehead atoms. The summed E-state index contributed by atoms with van der Waals surface area (Å²) >= 11 is 0. The van der Waals surface area contributed by atoms with E-state index in [2.05, 4.69) is 9.88 Å². The van der Waals surface area contributed by atoms with Crippen LogP contribution in [0.5, 0.6) is 11.5 Å². The molecule has 0 amide bonds. The van der Waals surface area contributed by atoms with Gasteiger partial charge in [0, 0.05) is 17.7 Å². The number of ether oxygens (including phenoxy) is 2. The Bertz CT molecular complexity index is 1120. The zero-order valence-corrected chi connectivity index (χ0v) is 17.8. The molecule has 3 aromatic rings. The van der Waals surface area contributed by atoms with E-state index in [1.54, 1.807) is 36.4 Å². The minimum absolute atomic E-state index is 0.0116. The molecule has 0 aliphatic heterocycles. The van der Waals surface area contributed by atoms with Gasteiger partial charge in [0.1, 0.15) is 0 Å². The summed E-state index contributed by atoms with van der Waals surface area (Å²) in [6, 6.07) is 11.9. The molecule has 0 unspecified atom stereocenters. The van der Waals surface area contributed by atoms with Crippen LogP contribution in [0.1, 0.15) is 31.0 Å². The number of sulfonamides is 1. The third-order valence-electron chi connectivity index (χ3n) is 4.47. The van der Waals surface area contributed by atoms with Crippen molar-refractivity contribution in [2.24, 2.45) is 0 Å². The van der Waals surface area contributed by atoms with Gasteiger partial charge in [-0.25, -0.2) is 8.42 Å². The first-order valence-corrected chi connectivity index (χ1v) is 10.6. The van der Waals surface area contributed by atoms with Crippen molar-refractivity contribution in [2.75, 3.05) is 18.9 Å². The summed E-state index contributed by atoms with van der Waals surface area (Å²) in [6.45, 7) is 5.71. The van der Waals surface area contributed by atoms with Crippen molar-refractivity contribution in [1.29, 1.82) is 0 Å². The molecule has 0 aliphatic rings. The number of rotatable bonds is 7. The topological polar surface area (TPSA) is 90.7 Å². The molecule has 7 nitrogen and oxygen atoms in total. The maximum atomic E-state index is 13.2. The van der Waals surface area contributed by atoms with E-state index in [1.165, 1.54) is 14.2 Å². The molecule has 154 valence electrons. The summed E-state index contributed by atoms with van der Waals surface area (Å²) in [6.07, 6.45) is 0. The number of nitrogens with one attached hydrogen (secondary N) is 1. The van der Waals surface area contributed by atoms with Gasteiger partial charge in [0.05, 0.1) is 30.5 Å². The van der Waals surface area contributed by atoms with Crippen LogP contribution in [0.2, 0.25) is 0 Å². The molecule has 0 saturated heterocycles. The first-order chi connectivity index (χ1) is 13.7. The fraction of sp³-hybridized carbons (Fsp3) is 0.286. The smallest absolute Gasteiger partial charge is 0.262 e. The fourth-order valence-electron chi connectivity index (χ4n) is 3.01. The quantitative estimate of drug-likeness (QED) is 0.606. The van der Waals surface area contributed by atoms with Gasteiger partial charge in [0.25, 0.3) is 10.0 Å². The number of aromatic nitrogens is 1. The Hall–Kier alpha value is -3.00. The van der Waals surface area contributed by atoms with Gasteiger partial charge >= 0.3 is 0 Å². The first-order valence-electron chi connectivity index (χ1n) is 9.07. The third kappa shape index (κ3) is 4.37. The molecule has 0 spiro atoms. The molecule has 0 saturated carbocycles. The van der Waals surface area contributed by atoms with Crippen molar-refractivity contribution < 1.29 is 22.4 Å². The number of aryl methyl sites for hydroxylation is 1. The molecule has 0 aliphatic carbocycles. The summed E-state index contributed by atoms with van der Waals surface area (Å²) in [5.41, 5.74) is 2.44. The Labute approximate surface area is 170 Å². The van der Waals surface area contributed by atoms with Gasteiger partial charge in [0.15, 0.2) is 17.3 Å². The molecule has 8 heteroatoms. The predicted octanol–water partition coefficient (Wildman–Crippen LogP) is 4.59. The predicted molar refractivity (Wildman–Crippen MR) is 111 cm³/mol. The van der Waals surface area contributed by atoms with Gasteiger partial charge in [-0.05, 0) is 36.6 Å². The maximum absolute atomic E-state index is 13.2. The van der Waals surface area contributed by atoms with Crippen molar-refractivity contribution in [1.82, 2.24) is 5.16 Å². The Balaban J connectivity index is 2.05. The standard InChI is InChI=1S/C21H24N2O5S/c1-13(2)17-8-6-15(19-10-14(3)22-28-19)11-21(17)29(24,25)23-16-7-9-18(26-4)20(12-16)27-5/h6-13,23H,1-5H3. The van der Waals surface area contributed by atoms with Crippen molar-refractivity contribution in [3.05, 3.63) is 53.7 Å². The van der Waals surface area contributed by atoms with Gasteiger partial charge in [-0.1, -0.05) is 31.1 Å². The minimum Gasteiger partial charge on any atom is -0.493 e. The summed E-state index contributed by atoms with van der Waals surface area (Å²) in [5, 5.41) is 3.88. The molecular formula is C21H24N2O5S. The largest absolute Gasteiger partial charge is 0.493 e. The molecule has 1 aromatic heterocycles. The molecule has 29 heavy (non-hydrogen) atoms. The van der Waals surface area contributed by atoms with Gasteiger partial charge in [-0.3, -0.25) is 4.72 Å². The zero-order valence-electron chi connectivity index (χ0n) is 17.0. The van der Waals surface area contributed by atoms with Crippen LogP contribution in [0.25, 0.3) is 11.3 Å². The van der Waals surface area contributed by atoms with Gasteiger partial charge in [-0.2, -0.15) is 0 Å². The number of methoxy groups -OCH3 is 2. The number of nitrogens with zero attached hydrogens (tertiary/aromatic N) is 1.